The van der Waals surface area contributed by atoms with E-state index in [1.54, 1.807) is 0 Å². The average molecular weight is 200 g/mol. The van der Waals surface area contributed by atoms with Gasteiger partial charge in [-0.2, -0.15) is 0 Å². The third-order valence-corrected chi connectivity index (χ3v) is 2.01. The molecule has 0 heterocycles. The molecule has 15 heavy (non-hydrogen) atoms. The van der Waals surface area contributed by atoms with Crippen LogP contribution in [0, 0.1) is 30.1 Å². The second kappa shape index (κ2) is 5.99. The van der Waals surface area contributed by atoms with Gasteiger partial charge in [-0.3, -0.25) is 0 Å². The van der Waals surface area contributed by atoms with Gasteiger partial charge >= 0.3 is 0 Å². The number of rotatable bonds is 3. The van der Waals surface area contributed by atoms with E-state index < -0.39 is 0 Å². The van der Waals surface area contributed by atoms with Crippen molar-refractivity contribution in [3.8, 4) is 24.2 Å². The zero-order valence-corrected chi connectivity index (χ0v) is 9.34. The summed E-state index contributed by atoms with van der Waals surface area (Å²) in [4.78, 5) is 0. The van der Waals surface area contributed by atoms with Gasteiger partial charge in [-0.15, -0.1) is 6.42 Å². The zero-order valence-electron chi connectivity index (χ0n) is 9.34. The van der Waals surface area contributed by atoms with Gasteiger partial charge in [0.2, 0.25) is 0 Å². The lowest BCUT2D eigenvalue weighted by atomic mass is 10.0. The van der Waals surface area contributed by atoms with E-state index in [0.717, 1.165) is 30.8 Å². The van der Waals surface area contributed by atoms with E-state index in [9.17, 15) is 0 Å². The van der Waals surface area contributed by atoms with Crippen LogP contribution in [0.25, 0.3) is 0 Å². The molecule has 0 N–H and O–H groups in total. The highest BCUT2D eigenvalue weighted by Gasteiger charge is 2.06. The average Bonchev–Trinajstić information content (AvgIpc) is 2.25. The van der Waals surface area contributed by atoms with Gasteiger partial charge in [-0.1, -0.05) is 19.8 Å². The van der Waals surface area contributed by atoms with E-state index in [1.165, 1.54) is 0 Å². The van der Waals surface area contributed by atoms with Crippen molar-refractivity contribution in [3.05, 3.63) is 23.5 Å². The lowest BCUT2D eigenvalue weighted by molar-refractivity contribution is 0.170. The van der Waals surface area contributed by atoms with Crippen LogP contribution in [0.15, 0.2) is 23.5 Å². The fourth-order valence-corrected chi connectivity index (χ4v) is 1.23. The van der Waals surface area contributed by atoms with Crippen molar-refractivity contribution in [2.75, 3.05) is 6.61 Å². The van der Waals surface area contributed by atoms with Crippen LogP contribution < -0.4 is 0 Å². The molecule has 0 aromatic heterocycles. The van der Waals surface area contributed by atoms with Crippen molar-refractivity contribution in [2.45, 2.75) is 26.7 Å². The summed E-state index contributed by atoms with van der Waals surface area (Å²) >= 11 is 0. The quantitative estimate of drug-likeness (QED) is 0.636. The van der Waals surface area contributed by atoms with E-state index >= 15 is 0 Å². The molecule has 0 radical (unpaired) electrons. The second-order valence-corrected chi connectivity index (χ2v) is 3.92. The van der Waals surface area contributed by atoms with Gasteiger partial charge in [0.1, 0.15) is 0 Å². The second-order valence-electron chi connectivity index (χ2n) is 3.92. The van der Waals surface area contributed by atoms with Gasteiger partial charge in [-0.25, -0.2) is 0 Å². The largest absolute Gasteiger partial charge is 0.498 e. The number of allylic oxidation sites excluding steroid dienone is 4. The molecule has 0 unspecified atom stereocenters. The first kappa shape index (κ1) is 11.5. The molecule has 78 valence electrons. The van der Waals surface area contributed by atoms with Gasteiger partial charge in [0.25, 0.3) is 0 Å². The Kier molecular flexibility index (Phi) is 4.58. The molecule has 1 aliphatic carbocycles. The van der Waals surface area contributed by atoms with E-state index in [4.69, 9.17) is 11.2 Å². The van der Waals surface area contributed by atoms with E-state index in [2.05, 4.69) is 31.6 Å². The molecule has 0 aliphatic heterocycles. The van der Waals surface area contributed by atoms with Crippen LogP contribution in [0.2, 0.25) is 0 Å². The first-order chi connectivity index (χ1) is 7.22. The molecule has 0 atom stereocenters. The van der Waals surface area contributed by atoms with Gasteiger partial charge in [0.15, 0.2) is 0 Å². The number of hydrogen-bond donors (Lipinski definition) is 0. The molecule has 0 saturated heterocycles. The summed E-state index contributed by atoms with van der Waals surface area (Å²) in [6.07, 6.45) is 10.9. The summed E-state index contributed by atoms with van der Waals surface area (Å²) in [5.41, 5.74) is 1.09. The molecule has 0 saturated carbocycles. The highest BCUT2D eigenvalue weighted by Crippen LogP contribution is 2.19. The molecule has 0 fully saturated rings. The third-order valence-electron chi connectivity index (χ3n) is 2.01. The molecule has 0 aromatic carbocycles. The molecule has 0 aromatic rings. The lowest BCUT2D eigenvalue weighted by Crippen LogP contribution is -2.03. The number of ether oxygens (including phenoxy) is 1. The summed E-state index contributed by atoms with van der Waals surface area (Å²) < 4.78 is 5.63. The van der Waals surface area contributed by atoms with Crippen LogP contribution in [0.5, 0.6) is 0 Å². The summed E-state index contributed by atoms with van der Waals surface area (Å²) in [5.74, 6) is 9.48. The number of hydrogen-bond acceptors (Lipinski definition) is 1. The predicted octanol–water partition coefficient (Wildman–Crippen LogP) is 2.90. The molecule has 1 rings (SSSR count). The molecule has 0 bridgehead atoms. The van der Waals surface area contributed by atoms with Crippen LogP contribution in [-0.2, 0) is 4.74 Å². The van der Waals surface area contributed by atoms with Gasteiger partial charge in [0, 0.05) is 12.0 Å². The van der Waals surface area contributed by atoms with Crippen molar-refractivity contribution in [3.63, 3.8) is 0 Å². The standard InChI is InChI=1S/C14H16O/c1-4-5-6-13-7-9-14(10-8-13)15-11-12(2)3/h1,7,9,12H,8,10-11H2,2-3H3. The van der Waals surface area contributed by atoms with Crippen LogP contribution in [0.1, 0.15) is 26.7 Å². The van der Waals surface area contributed by atoms with Crippen LogP contribution >= 0.6 is 0 Å². The van der Waals surface area contributed by atoms with E-state index in [0.29, 0.717) is 5.92 Å². The highest BCUT2D eigenvalue weighted by atomic mass is 16.5. The summed E-state index contributed by atoms with van der Waals surface area (Å²) in [6, 6.07) is 0. The first-order valence-corrected chi connectivity index (χ1v) is 5.21. The minimum Gasteiger partial charge on any atom is -0.498 e. The fourth-order valence-electron chi connectivity index (χ4n) is 1.23. The fraction of sp³-hybridized carbons (Fsp3) is 0.429. The summed E-state index contributed by atoms with van der Waals surface area (Å²) in [7, 11) is 0. The normalized spacial score (nSPS) is 14.5. The molecule has 1 aliphatic rings. The summed E-state index contributed by atoms with van der Waals surface area (Å²) in [6.45, 7) is 5.07. The molecule has 0 amide bonds. The minimum atomic E-state index is 0.567. The van der Waals surface area contributed by atoms with Crippen molar-refractivity contribution in [2.24, 2.45) is 5.92 Å². The molecule has 1 nitrogen and oxygen atoms in total. The third kappa shape index (κ3) is 4.43. The van der Waals surface area contributed by atoms with Gasteiger partial charge < -0.3 is 4.74 Å². The van der Waals surface area contributed by atoms with Gasteiger partial charge in [-0.05, 0) is 36.3 Å². The van der Waals surface area contributed by atoms with Crippen LogP contribution in [0.4, 0.5) is 0 Å². The smallest absolute Gasteiger partial charge is 0.0963 e. The minimum absolute atomic E-state index is 0.567. The highest BCUT2D eigenvalue weighted by molar-refractivity contribution is 5.39. The Morgan fingerprint density at radius 2 is 2.20 bits per heavy atom. The zero-order chi connectivity index (χ0) is 11.1. The molecular formula is C14H16O. The Morgan fingerprint density at radius 1 is 1.40 bits per heavy atom. The Bertz CT molecular complexity index is 366. The molecular weight excluding hydrogens is 184 g/mol. The Labute approximate surface area is 92.2 Å². The Morgan fingerprint density at radius 3 is 2.73 bits per heavy atom. The Balaban J connectivity index is 2.50. The predicted molar refractivity (Wildman–Crippen MR) is 62.8 cm³/mol. The van der Waals surface area contributed by atoms with Crippen LogP contribution in [-0.4, -0.2) is 6.61 Å². The van der Waals surface area contributed by atoms with Crippen LogP contribution in [0.3, 0.4) is 0 Å². The molecule has 0 spiro atoms. The van der Waals surface area contributed by atoms with Crippen molar-refractivity contribution in [1.29, 1.82) is 0 Å². The lowest BCUT2D eigenvalue weighted by Gasteiger charge is -2.14. The maximum Gasteiger partial charge on any atom is 0.0963 e. The maximum atomic E-state index is 5.63. The summed E-state index contributed by atoms with van der Waals surface area (Å²) in [5, 5.41) is 0. The molecule has 1 heteroatoms. The van der Waals surface area contributed by atoms with E-state index in [1.807, 2.05) is 12.2 Å². The van der Waals surface area contributed by atoms with Crippen molar-refractivity contribution >= 4 is 0 Å². The van der Waals surface area contributed by atoms with Gasteiger partial charge in [0.05, 0.1) is 12.4 Å². The SMILES string of the molecule is C#CC#CC1=CC=C(OCC(C)C)CC1. The monoisotopic (exact) mass is 200 g/mol. The number of terminal acetylenes is 1. The van der Waals surface area contributed by atoms with Crippen molar-refractivity contribution < 1.29 is 4.74 Å². The van der Waals surface area contributed by atoms with E-state index in [-0.39, 0.29) is 0 Å². The maximum absolute atomic E-state index is 5.63. The first-order valence-electron chi connectivity index (χ1n) is 5.21. The topological polar surface area (TPSA) is 9.23 Å². The van der Waals surface area contributed by atoms with Crippen molar-refractivity contribution in [1.82, 2.24) is 0 Å². The Hall–Kier alpha value is -1.60.